The van der Waals surface area contributed by atoms with Crippen molar-refractivity contribution in [1.82, 2.24) is 105 Å². The molecule has 2 saturated heterocycles. The van der Waals surface area contributed by atoms with Crippen LogP contribution in [0.1, 0.15) is 82.9 Å². The van der Waals surface area contributed by atoms with E-state index in [0.717, 1.165) is 35.4 Å². The maximum Gasteiger partial charge on any atom is 0.305 e. The SMILES string of the molecule is C[C@@H]1NC(=O)[C@H](CCCNC(=N)N)NC(=O)[C@H](CO)NC(=O)[C@H](Cc2cnc[nH]2)NC(=O)[C@H](CC(=O)O)NC(=O)[C@H](CCCNC(=N)N)NC(=O)[C@@H]2CSSC[C@H](N)C(=O)N[C@@H](C)C(=O)N[C@@H](CC(N)=O)C(=O)N[C@@H](CSSC[C@@H](C(N)=O)NC1=O)C(=O)N[C@@H](CO)C(=O)N[C@@H](CO)C(=O)N[C@@H](CCCCN)C(=O)N[C@@H](Cc1c[nH]c3ccccc13)C(=O)N2. The third-order valence-corrected chi connectivity index (χ3v) is 23.4. The minimum atomic E-state index is -2.17. The summed E-state index contributed by atoms with van der Waals surface area (Å²) in [5.74, 6) is -25.5. The lowest BCUT2D eigenvalue weighted by Crippen LogP contribution is -2.62. The monoisotopic (exact) mass is 1820 g/mol. The summed E-state index contributed by atoms with van der Waals surface area (Å²) in [6.45, 7) is -1.66. The maximum atomic E-state index is 15.4. The van der Waals surface area contributed by atoms with E-state index >= 15 is 9.59 Å². The van der Waals surface area contributed by atoms with Gasteiger partial charge in [-0.15, -0.1) is 0 Å². The molecule has 5 rings (SSSR count). The second-order valence-corrected chi connectivity index (χ2v) is 33.4. The number of rotatable bonds is 24. The zero-order valence-electron chi connectivity index (χ0n) is 67.3. The van der Waals surface area contributed by atoms with Gasteiger partial charge in [0.1, 0.15) is 90.6 Å². The van der Waals surface area contributed by atoms with Gasteiger partial charge in [-0.05, 0) is 77.0 Å². The van der Waals surface area contributed by atoms with Gasteiger partial charge in [-0.3, -0.25) is 97.1 Å². The molecule has 54 heteroatoms. The number of aliphatic hydroxyl groups excluding tert-OH is 3. The predicted molar refractivity (Wildman–Crippen MR) is 450 cm³/mol. The number of H-pyrrole nitrogens is 2. The molecule has 16 atom stereocenters. The van der Waals surface area contributed by atoms with Crippen molar-refractivity contribution < 1.29 is 107 Å². The zero-order chi connectivity index (χ0) is 91.9. The molecule has 0 saturated carbocycles. The molecule has 0 radical (unpaired) electrons. The van der Waals surface area contributed by atoms with E-state index in [1.165, 1.54) is 18.7 Å². The highest BCUT2D eigenvalue weighted by Crippen LogP contribution is 2.26. The maximum absolute atomic E-state index is 15.4. The Morgan fingerprint density at radius 1 is 0.452 bits per heavy atom. The number of aromatic amines is 2. The number of amides is 17. The number of aliphatic carboxylic acids is 1. The van der Waals surface area contributed by atoms with Crippen molar-refractivity contribution in [2.45, 2.75) is 181 Å². The van der Waals surface area contributed by atoms with Gasteiger partial charge >= 0.3 is 5.97 Å². The number of imidazole rings is 1. The van der Waals surface area contributed by atoms with Gasteiger partial charge in [-0.25, -0.2) is 4.98 Å². The Hall–Kier alpha value is -11.8. The molecule has 17 amide bonds. The van der Waals surface area contributed by atoms with Crippen LogP contribution in [0.4, 0.5) is 0 Å². The van der Waals surface area contributed by atoms with Crippen LogP contribution < -0.4 is 125 Å². The summed E-state index contributed by atoms with van der Waals surface area (Å²) in [5, 5.41) is 98.7. The Morgan fingerprint density at radius 3 is 1.34 bits per heavy atom. The lowest BCUT2D eigenvalue weighted by molar-refractivity contribution is -0.141. The summed E-state index contributed by atoms with van der Waals surface area (Å²) in [6.07, 6.45) is -0.171. The highest BCUT2D eigenvalue weighted by molar-refractivity contribution is 8.77. The highest BCUT2D eigenvalue weighted by atomic mass is 33.1. The van der Waals surface area contributed by atoms with E-state index in [1.54, 1.807) is 24.3 Å². The molecule has 37 N–H and O–H groups in total. The summed E-state index contributed by atoms with van der Waals surface area (Å²) in [4.78, 5) is 265. The lowest BCUT2D eigenvalue weighted by Gasteiger charge is -2.28. The van der Waals surface area contributed by atoms with Crippen LogP contribution in [0.3, 0.4) is 0 Å². The second-order valence-electron chi connectivity index (χ2n) is 28.3. The van der Waals surface area contributed by atoms with Crippen LogP contribution in [-0.4, -0.2) is 313 Å². The Balaban J connectivity index is 1.75. The number of primary amides is 2. The quantitative estimate of drug-likeness (QED) is 0.0130. The predicted octanol–water partition coefficient (Wildman–Crippen LogP) is -12.4. The molecule has 0 spiro atoms. The molecule has 124 heavy (non-hydrogen) atoms. The minimum absolute atomic E-state index is 0.0522. The highest BCUT2D eigenvalue weighted by Gasteiger charge is 2.40. The molecule has 2 fully saturated rings. The normalized spacial score (nSPS) is 26.1. The summed E-state index contributed by atoms with van der Waals surface area (Å²) in [7, 11) is 2.98. The Kier molecular flexibility index (Phi) is 43.6. The van der Waals surface area contributed by atoms with Crippen LogP contribution in [0, 0.1) is 10.8 Å². The topological polar surface area (TPSA) is 841 Å². The second kappa shape index (κ2) is 52.6. The summed E-state index contributed by atoms with van der Waals surface area (Å²) >= 11 is 0. The number of unbranched alkanes of at least 4 members (excludes halogenated alkanes) is 1. The minimum Gasteiger partial charge on any atom is -0.481 e. The lowest BCUT2D eigenvalue weighted by atomic mass is 10.0. The number of carbonyl (C=O) groups is 18. The fourth-order valence-corrected chi connectivity index (χ4v) is 16.4. The van der Waals surface area contributed by atoms with Gasteiger partial charge in [0.2, 0.25) is 100 Å². The number of fused-ring (bicyclic) bond motifs is 15. The Labute approximate surface area is 723 Å². The summed E-state index contributed by atoms with van der Waals surface area (Å²) < 4.78 is 0. The summed E-state index contributed by atoms with van der Waals surface area (Å²) in [6, 6.07) is -22.5. The number of carboxylic acids is 1. The van der Waals surface area contributed by atoms with Crippen LogP contribution in [0.25, 0.3) is 10.9 Å². The average molecular weight is 1820 g/mol. The number of aromatic nitrogens is 3. The van der Waals surface area contributed by atoms with Gasteiger partial charge in [-0.1, -0.05) is 61.4 Å². The standard InChI is InChI=1S/C70H108N28O22S4/c1-31-54(106)89-43(19-51(73)102)62(114)98-50-29-124-122-27-48(53(74)105)96-55(107)32(2)85-57(109)39(12-7-15-80-69(75)76)87-64(116)45(23-99)93-61(113)42(18-34-22-79-30-83-34)91-63(115)44(20-52(103)104)92-59(111)40(13-8-16-81-70(77)78)88-67(119)49(28-123-121-26-36(72)56(108)84-31)97-60(112)41(17-33-21-82-37-10-4-3-9-35(33)37)90-58(110)38(11-5-6-14-71)86-65(117)46(24-100)94-66(118)47(25-101)95-68(50)120/h3-4,9-10,21-22,30-32,36,38-50,82,99-101H,5-8,11-20,23-29,71-72H2,1-2H3,(H2,73,102)(H2,74,105)(H,79,83)(H,84,108)(H,85,109)(H,86,117)(H,87,116)(H,88,119)(H,89,106)(H,90,110)(H,91,115)(H,92,111)(H,93,113)(H,94,118)(H,95,120)(H,96,107)(H,97,112)(H,98,114)(H,103,104)(H4,75,76,80)(H4,77,78,81)/t31-,32-,36-,38-,39-,40-,41-,42-,43-,44-,45-,46-,47-,48-,49-,50-/m0/s1. The van der Waals surface area contributed by atoms with Crippen LogP contribution in [-0.2, 0) is 99.1 Å². The van der Waals surface area contributed by atoms with Crippen molar-refractivity contribution in [3.05, 3.63) is 54.2 Å². The molecule has 4 heterocycles. The molecule has 0 aliphatic carbocycles. The number of nitrogens with zero attached hydrogens (tertiary/aromatic N) is 1. The molecule has 0 unspecified atom stereocenters. The molecular formula is C70H108N28O22S4. The third-order valence-electron chi connectivity index (χ3n) is 18.5. The first-order valence-corrected chi connectivity index (χ1v) is 43.6. The van der Waals surface area contributed by atoms with Gasteiger partial charge in [0.15, 0.2) is 11.9 Å². The number of aliphatic hydroxyl groups is 3. The molecule has 3 aromatic rings. The third kappa shape index (κ3) is 34.8. The van der Waals surface area contributed by atoms with Gasteiger partial charge in [0.05, 0.1) is 45.0 Å². The van der Waals surface area contributed by atoms with Crippen LogP contribution >= 0.6 is 43.2 Å². The first-order chi connectivity index (χ1) is 58.9. The first-order valence-electron chi connectivity index (χ1n) is 38.7. The van der Waals surface area contributed by atoms with Crippen LogP contribution in [0.15, 0.2) is 43.0 Å². The van der Waals surface area contributed by atoms with Crippen molar-refractivity contribution in [3.8, 4) is 0 Å². The zero-order valence-corrected chi connectivity index (χ0v) is 70.6. The molecule has 50 nitrogen and oxygen atoms in total. The largest absolute Gasteiger partial charge is 0.481 e. The van der Waals surface area contributed by atoms with Crippen molar-refractivity contribution in [2.75, 3.05) is 62.5 Å². The number of nitrogens with one attached hydrogen (secondary N) is 21. The van der Waals surface area contributed by atoms with Crippen molar-refractivity contribution in [3.63, 3.8) is 0 Å². The average Bonchev–Trinajstić information content (AvgIpc) is 1.68. The number of nitrogens with two attached hydrogens (primary N) is 6. The smallest absolute Gasteiger partial charge is 0.305 e. The van der Waals surface area contributed by atoms with Crippen molar-refractivity contribution in [1.29, 1.82) is 10.8 Å². The Morgan fingerprint density at radius 2 is 0.847 bits per heavy atom. The van der Waals surface area contributed by atoms with Gasteiger partial charge in [-0.2, -0.15) is 0 Å². The van der Waals surface area contributed by atoms with E-state index in [-0.39, 0.29) is 69.6 Å². The van der Waals surface area contributed by atoms with E-state index in [9.17, 15) is 97.1 Å². The van der Waals surface area contributed by atoms with Gasteiger partial charge < -0.3 is 155 Å². The number of guanidine groups is 2. The van der Waals surface area contributed by atoms with E-state index in [1.807, 2.05) is 0 Å². The van der Waals surface area contributed by atoms with Gasteiger partial charge in [0.25, 0.3) is 0 Å². The van der Waals surface area contributed by atoms with Crippen LogP contribution in [0.2, 0.25) is 0 Å². The first kappa shape index (κ1) is 103. The molecule has 684 valence electrons. The fraction of sp³-hybridized carbons (Fsp3) is 0.557. The Bertz CT molecular complexity index is 4270. The van der Waals surface area contributed by atoms with E-state index in [4.69, 9.17) is 45.2 Å². The molecular weight excluding hydrogens is 1710 g/mol. The van der Waals surface area contributed by atoms with Crippen molar-refractivity contribution in [2.24, 2.45) is 34.4 Å². The number of hydrogen-bond donors (Lipinski definition) is 31. The number of hydrogen-bond acceptors (Lipinski definition) is 30. The number of carbonyl (C=O) groups excluding carboxylic acids is 17. The molecule has 1 aromatic carbocycles. The van der Waals surface area contributed by atoms with E-state index in [2.05, 4.69) is 105 Å². The number of benzene rings is 1. The molecule has 2 aliphatic rings. The van der Waals surface area contributed by atoms with E-state index in [0.29, 0.717) is 38.1 Å². The molecule has 2 aromatic heterocycles. The molecule has 2 aliphatic heterocycles. The van der Waals surface area contributed by atoms with E-state index < -0.39 is 284 Å². The number of carboxylic acid groups (broad SMARTS) is 1. The van der Waals surface area contributed by atoms with Gasteiger partial charge in [0, 0.05) is 77.9 Å². The van der Waals surface area contributed by atoms with Crippen molar-refractivity contribution >= 4 is 172 Å². The summed E-state index contributed by atoms with van der Waals surface area (Å²) in [5.41, 5.74) is 35.5. The fourth-order valence-electron chi connectivity index (χ4n) is 11.8. The number of para-hydroxylation sites is 1. The molecule has 2 bridgehead atoms. The van der Waals surface area contributed by atoms with Crippen LogP contribution in [0.5, 0.6) is 0 Å².